The van der Waals surface area contributed by atoms with E-state index in [9.17, 15) is 24.5 Å². The number of rotatable bonds is 6. The SMILES string of the molecule is CCOC(=O)C1(CC(=O)c2ccc([N+](=O)[O-])cc2)CCCOC1=O. The molecular formula is C16H17NO7. The second-order valence-electron chi connectivity index (χ2n) is 5.45. The summed E-state index contributed by atoms with van der Waals surface area (Å²) in [6.07, 6.45) is 0.240. The summed E-state index contributed by atoms with van der Waals surface area (Å²) in [5.74, 6) is -2.01. The fourth-order valence-corrected chi connectivity index (χ4v) is 2.61. The van der Waals surface area contributed by atoms with E-state index < -0.39 is 28.1 Å². The van der Waals surface area contributed by atoms with Gasteiger partial charge in [-0.2, -0.15) is 0 Å². The third-order valence-electron chi connectivity index (χ3n) is 3.90. The van der Waals surface area contributed by atoms with Gasteiger partial charge in [-0.1, -0.05) is 0 Å². The molecule has 1 aromatic carbocycles. The van der Waals surface area contributed by atoms with Gasteiger partial charge in [-0.3, -0.25) is 24.5 Å². The summed E-state index contributed by atoms with van der Waals surface area (Å²) in [7, 11) is 0. The summed E-state index contributed by atoms with van der Waals surface area (Å²) >= 11 is 0. The van der Waals surface area contributed by atoms with Crippen LogP contribution in [0.5, 0.6) is 0 Å². The first-order valence-corrected chi connectivity index (χ1v) is 7.53. The van der Waals surface area contributed by atoms with Gasteiger partial charge in [0.25, 0.3) is 5.69 Å². The minimum Gasteiger partial charge on any atom is -0.465 e. The summed E-state index contributed by atoms with van der Waals surface area (Å²) in [5.41, 5.74) is -1.61. The molecule has 1 fully saturated rings. The molecule has 1 saturated heterocycles. The van der Waals surface area contributed by atoms with Crippen molar-refractivity contribution in [3.63, 3.8) is 0 Å². The number of carbonyl (C=O) groups excluding carboxylic acids is 3. The largest absolute Gasteiger partial charge is 0.465 e. The van der Waals surface area contributed by atoms with E-state index in [4.69, 9.17) is 9.47 Å². The van der Waals surface area contributed by atoms with Gasteiger partial charge in [0.1, 0.15) is 0 Å². The number of ether oxygens (including phenoxy) is 2. The minimum absolute atomic E-state index is 0.0829. The molecule has 1 atom stereocenters. The van der Waals surface area contributed by atoms with Crippen molar-refractivity contribution in [2.75, 3.05) is 13.2 Å². The molecule has 0 aromatic heterocycles. The van der Waals surface area contributed by atoms with Crippen molar-refractivity contribution in [1.82, 2.24) is 0 Å². The molecule has 1 aliphatic heterocycles. The maximum atomic E-state index is 12.5. The molecule has 1 unspecified atom stereocenters. The minimum atomic E-state index is -1.65. The van der Waals surface area contributed by atoms with E-state index in [-0.39, 0.29) is 37.3 Å². The highest BCUT2D eigenvalue weighted by atomic mass is 16.6. The normalized spacial score (nSPS) is 20.1. The second kappa shape index (κ2) is 7.20. The Kier molecular flexibility index (Phi) is 5.28. The molecule has 24 heavy (non-hydrogen) atoms. The summed E-state index contributed by atoms with van der Waals surface area (Å²) in [6.45, 7) is 1.89. The summed E-state index contributed by atoms with van der Waals surface area (Å²) < 4.78 is 9.93. The lowest BCUT2D eigenvalue weighted by Crippen LogP contribution is -2.46. The molecule has 0 N–H and O–H groups in total. The number of cyclic esters (lactones) is 1. The van der Waals surface area contributed by atoms with Crippen LogP contribution >= 0.6 is 0 Å². The van der Waals surface area contributed by atoms with Gasteiger partial charge in [0, 0.05) is 24.1 Å². The lowest BCUT2D eigenvalue weighted by atomic mass is 9.76. The maximum absolute atomic E-state index is 12.5. The molecule has 1 aliphatic rings. The van der Waals surface area contributed by atoms with Crippen LogP contribution in [0.25, 0.3) is 0 Å². The lowest BCUT2D eigenvalue weighted by molar-refractivity contribution is -0.384. The van der Waals surface area contributed by atoms with Crippen LogP contribution < -0.4 is 0 Å². The topological polar surface area (TPSA) is 113 Å². The molecule has 0 amide bonds. The summed E-state index contributed by atoms with van der Waals surface area (Å²) in [6, 6.07) is 4.99. The molecule has 128 valence electrons. The van der Waals surface area contributed by atoms with Crippen LogP contribution in [0.1, 0.15) is 36.5 Å². The molecule has 1 aromatic rings. The van der Waals surface area contributed by atoms with E-state index in [2.05, 4.69) is 0 Å². The molecule has 1 heterocycles. The fourth-order valence-electron chi connectivity index (χ4n) is 2.61. The number of Topliss-reactive ketones (excluding diaryl/α,β-unsaturated/α-hetero) is 1. The number of hydrogen-bond acceptors (Lipinski definition) is 7. The van der Waals surface area contributed by atoms with Crippen molar-refractivity contribution in [3.8, 4) is 0 Å². The van der Waals surface area contributed by atoms with E-state index in [1.54, 1.807) is 6.92 Å². The number of ketones is 1. The second-order valence-corrected chi connectivity index (χ2v) is 5.45. The highest BCUT2D eigenvalue weighted by Gasteiger charge is 2.51. The highest BCUT2D eigenvalue weighted by molar-refractivity contribution is 6.07. The molecule has 8 heteroatoms. The predicted molar refractivity (Wildman–Crippen MR) is 81.3 cm³/mol. The molecule has 0 aliphatic carbocycles. The maximum Gasteiger partial charge on any atom is 0.323 e. The number of nitro benzene ring substituents is 1. The van der Waals surface area contributed by atoms with E-state index in [1.165, 1.54) is 24.3 Å². The number of carbonyl (C=O) groups is 3. The van der Waals surface area contributed by atoms with Crippen molar-refractivity contribution in [2.45, 2.75) is 26.2 Å². The number of nitro groups is 1. The van der Waals surface area contributed by atoms with Gasteiger partial charge < -0.3 is 9.47 Å². The molecular weight excluding hydrogens is 318 g/mol. The van der Waals surface area contributed by atoms with Crippen LogP contribution in [0, 0.1) is 15.5 Å². The molecule has 0 spiro atoms. The van der Waals surface area contributed by atoms with E-state index in [0.29, 0.717) is 6.42 Å². The Labute approximate surface area is 137 Å². The van der Waals surface area contributed by atoms with E-state index in [1.807, 2.05) is 0 Å². The van der Waals surface area contributed by atoms with Crippen LogP contribution in [0.15, 0.2) is 24.3 Å². The van der Waals surface area contributed by atoms with Crippen LogP contribution in [-0.2, 0) is 19.1 Å². The molecule has 0 saturated carbocycles. The Morgan fingerprint density at radius 2 is 2.00 bits per heavy atom. The van der Waals surface area contributed by atoms with E-state index in [0.717, 1.165) is 0 Å². The monoisotopic (exact) mass is 335 g/mol. The zero-order chi connectivity index (χ0) is 17.7. The van der Waals surface area contributed by atoms with Gasteiger partial charge in [-0.05, 0) is 31.9 Å². The van der Waals surface area contributed by atoms with Crippen LogP contribution in [0.2, 0.25) is 0 Å². The standard InChI is InChI=1S/C16H17NO7/c1-2-23-14(19)16(8-3-9-24-15(16)20)10-13(18)11-4-6-12(7-5-11)17(21)22/h4-7H,2-3,8-10H2,1H3. The Balaban J connectivity index is 2.25. The van der Waals surface area contributed by atoms with Crippen LogP contribution in [-0.4, -0.2) is 35.9 Å². The first-order valence-electron chi connectivity index (χ1n) is 7.53. The molecule has 8 nitrogen and oxygen atoms in total. The smallest absolute Gasteiger partial charge is 0.323 e. The van der Waals surface area contributed by atoms with Crippen molar-refractivity contribution in [1.29, 1.82) is 0 Å². The number of benzene rings is 1. The number of non-ortho nitro benzene ring substituents is 1. The average molecular weight is 335 g/mol. The molecule has 0 radical (unpaired) electrons. The third kappa shape index (κ3) is 3.42. The first kappa shape index (κ1) is 17.6. The van der Waals surface area contributed by atoms with Gasteiger partial charge >= 0.3 is 11.9 Å². The Morgan fingerprint density at radius 1 is 1.33 bits per heavy atom. The van der Waals surface area contributed by atoms with Crippen molar-refractivity contribution in [3.05, 3.63) is 39.9 Å². The van der Waals surface area contributed by atoms with Gasteiger partial charge in [0.15, 0.2) is 11.2 Å². The number of nitrogens with zero attached hydrogens (tertiary/aromatic N) is 1. The van der Waals surface area contributed by atoms with Crippen molar-refractivity contribution in [2.24, 2.45) is 5.41 Å². The molecule has 0 bridgehead atoms. The van der Waals surface area contributed by atoms with E-state index >= 15 is 0 Å². The van der Waals surface area contributed by atoms with Gasteiger partial charge in [0.2, 0.25) is 0 Å². The van der Waals surface area contributed by atoms with Gasteiger partial charge in [-0.25, -0.2) is 0 Å². The first-order chi connectivity index (χ1) is 11.4. The van der Waals surface area contributed by atoms with Crippen molar-refractivity contribution < 1.29 is 28.8 Å². The lowest BCUT2D eigenvalue weighted by Gasteiger charge is -2.32. The average Bonchev–Trinajstić information content (AvgIpc) is 2.57. The summed E-state index contributed by atoms with van der Waals surface area (Å²) in [5, 5.41) is 10.7. The Hall–Kier alpha value is -2.77. The fraction of sp³-hybridized carbons (Fsp3) is 0.438. The Morgan fingerprint density at radius 3 is 2.54 bits per heavy atom. The van der Waals surface area contributed by atoms with Gasteiger partial charge in [0.05, 0.1) is 18.1 Å². The highest BCUT2D eigenvalue weighted by Crippen LogP contribution is 2.36. The van der Waals surface area contributed by atoms with Crippen molar-refractivity contribution >= 4 is 23.4 Å². The zero-order valence-corrected chi connectivity index (χ0v) is 13.1. The number of esters is 2. The molecule has 2 rings (SSSR count). The van der Waals surface area contributed by atoms with Gasteiger partial charge in [-0.15, -0.1) is 0 Å². The predicted octanol–water partition coefficient (Wildman–Crippen LogP) is 2.05. The quantitative estimate of drug-likeness (QED) is 0.257. The third-order valence-corrected chi connectivity index (χ3v) is 3.90. The Bertz CT molecular complexity index is 668. The van der Waals surface area contributed by atoms with Crippen LogP contribution in [0.3, 0.4) is 0 Å². The number of hydrogen-bond donors (Lipinski definition) is 0. The summed E-state index contributed by atoms with van der Waals surface area (Å²) in [4.78, 5) is 47.0. The zero-order valence-electron chi connectivity index (χ0n) is 13.1. The van der Waals surface area contributed by atoms with Crippen LogP contribution in [0.4, 0.5) is 5.69 Å².